The molecule has 1 saturated heterocycles. The molecular weight excluding hydrogens is 731 g/mol. The lowest BCUT2D eigenvalue weighted by atomic mass is 9.83. The van der Waals surface area contributed by atoms with Crippen LogP contribution in [0.4, 0.5) is 10.5 Å². The summed E-state index contributed by atoms with van der Waals surface area (Å²) in [6, 6.07) is 6.48. The summed E-state index contributed by atoms with van der Waals surface area (Å²) in [5.41, 5.74) is 7.76. The Hall–Kier alpha value is -3.89. The molecule has 0 bridgehead atoms. The van der Waals surface area contributed by atoms with Crippen molar-refractivity contribution in [2.45, 2.75) is 136 Å². The van der Waals surface area contributed by atoms with E-state index in [1.165, 1.54) is 0 Å². The number of unbranched alkanes of at least 4 members (excludes halogenated alkanes) is 1. The Morgan fingerprint density at radius 2 is 1.81 bits per heavy atom. The number of nitrogen functional groups attached to an aromatic ring is 1. The lowest BCUT2D eigenvalue weighted by Crippen LogP contribution is -2.61. The van der Waals surface area contributed by atoms with E-state index >= 15 is 0 Å². The Morgan fingerprint density at radius 1 is 1.11 bits per heavy atom. The minimum atomic E-state index is -1.21. The summed E-state index contributed by atoms with van der Waals surface area (Å²) in [4.78, 5) is 47.6. The van der Waals surface area contributed by atoms with Crippen molar-refractivity contribution in [3.63, 3.8) is 0 Å². The van der Waals surface area contributed by atoms with Crippen molar-refractivity contribution in [2.24, 2.45) is 11.8 Å². The number of hydrogen-bond acceptors (Lipinski definition) is 13. The zero-order valence-corrected chi connectivity index (χ0v) is 35.9. The summed E-state index contributed by atoms with van der Waals surface area (Å²) in [6.45, 7) is 16.5. The van der Waals surface area contributed by atoms with E-state index in [4.69, 9.17) is 24.7 Å². The average Bonchev–Trinajstić information content (AvgIpc) is 3.75. The van der Waals surface area contributed by atoms with Gasteiger partial charge in [0.15, 0.2) is 17.7 Å². The molecule has 15 nitrogen and oxygen atoms in total. The van der Waals surface area contributed by atoms with Gasteiger partial charge in [-0.15, -0.1) is 5.10 Å². The summed E-state index contributed by atoms with van der Waals surface area (Å²) in [7, 11) is 5.75. The van der Waals surface area contributed by atoms with E-state index in [0.717, 1.165) is 23.3 Å². The fourth-order valence-electron chi connectivity index (χ4n) is 8.31. The van der Waals surface area contributed by atoms with Gasteiger partial charge in [0.1, 0.15) is 23.8 Å². The van der Waals surface area contributed by atoms with Gasteiger partial charge >= 0.3 is 12.1 Å². The van der Waals surface area contributed by atoms with Gasteiger partial charge in [0, 0.05) is 55.5 Å². The number of rotatable bonds is 15. The lowest BCUT2D eigenvalue weighted by Gasteiger charge is -2.43. The number of nitrogens with zero attached hydrogens (tertiary/aromatic N) is 6. The van der Waals surface area contributed by atoms with E-state index in [1.807, 2.05) is 104 Å². The minimum absolute atomic E-state index is 0.253. The highest BCUT2D eigenvalue weighted by Gasteiger charge is 2.59. The molecular formula is C42H67N7O8. The number of aliphatic hydroxyl groups is 1. The monoisotopic (exact) mass is 798 g/mol. The Morgan fingerprint density at radius 3 is 2.44 bits per heavy atom. The van der Waals surface area contributed by atoms with Crippen LogP contribution in [-0.4, -0.2) is 142 Å². The van der Waals surface area contributed by atoms with Crippen LogP contribution >= 0.6 is 0 Å². The number of fused-ring (bicyclic) bond motifs is 1. The predicted molar refractivity (Wildman–Crippen MR) is 218 cm³/mol. The van der Waals surface area contributed by atoms with E-state index in [0.29, 0.717) is 44.6 Å². The topological polar surface area (TPSA) is 175 Å². The quantitative estimate of drug-likeness (QED) is 0.0630. The maximum absolute atomic E-state index is 14.1. The first-order valence-corrected chi connectivity index (χ1v) is 20.5. The molecule has 1 fully saturated rings. The summed E-state index contributed by atoms with van der Waals surface area (Å²) >= 11 is 0. The van der Waals surface area contributed by atoms with Gasteiger partial charge in [-0.1, -0.05) is 44.2 Å². The number of ketones is 1. The van der Waals surface area contributed by atoms with Crippen LogP contribution in [-0.2, 0) is 35.1 Å². The van der Waals surface area contributed by atoms with Crippen molar-refractivity contribution >= 4 is 23.5 Å². The molecule has 0 saturated carbocycles. The Balaban J connectivity index is 1.61. The number of aromatic nitrogens is 3. The highest BCUT2D eigenvalue weighted by atomic mass is 16.7. The molecule has 3 heterocycles. The molecule has 1 aromatic carbocycles. The van der Waals surface area contributed by atoms with Crippen molar-refractivity contribution < 1.29 is 38.4 Å². The minimum Gasteiger partial charge on any atom is -0.458 e. The van der Waals surface area contributed by atoms with Gasteiger partial charge in [0.25, 0.3) is 0 Å². The molecule has 3 N–H and O–H groups in total. The standard InChI is InChI=1S/C42H67N7O8/c1-12-33(46(9)10)36(51)40(54-14-3)56-37-26(4)20-23-47(11)29(7)38-42(8,34(13-2)55-39(52)28(6)35(50)27(37)5)57-41(53)49(38)22-16-15-21-48-25-32(44-45-48)30-18-17-19-31(43)24-30/h17-20,24-25,27-29,33-34,36-38,40,51H,12-16,21-23,43H2,1-11H3/b26-20+/t27-,28+,29+,33?,34+,36?,37-,38+,40-,42+/m0/s1. The molecule has 0 spiro atoms. The molecule has 2 unspecified atom stereocenters. The third-order valence-corrected chi connectivity index (χ3v) is 11.8. The third kappa shape index (κ3) is 10.6. The molecule has 1 amide bonds. The number of anilines is 1. The van der Waals surface area contributed by atoms with Crippen LogP contribution in [0.2, 0.25) is 0 Å². The highest BCUT2D eigenvalue weighted by molar-refractivity contribution is 6.00. The van der Waals surface area contributed by atoms with E-state index in [-0.39, 0.29) is 24.5 Å². The first-order chi connectivity index (χ1) is 27.0. The average molecular weight is 798 g/mol. The number of benzene rings is 1. The maximum Gasteiger partial charge on any atom is 0.410 e. The molecule has 4 rings (SSSR count). The number of carbonyl (C=O) groups is 3. The number of carbonyl (C=O) groups excluding carboxylic acids is 3. The van der Waals surface area contributed by atoms with Gasteiger partial charge < -0.3 is 34.7 Å². The number of aliphatic hydroxyl groups excluding tert-OH is 1. The first kappa shape index (κ1) is 45.8. The number of nitrogens with two attached hydrogens (primary N) is 1. The van der Waals surface area contributed by atoms with Crippen LogP contribution in [0.1, 0.15) is 81.1 Å². The number of ether oxygens (including phenoxy) is 4. The number of amides is 1. The van der Waals surface area contributed by atoms with Crippen LogP contribution in [0.15, 0.2) is 42.1 Å². The largest absolute Gasteiger partial charge is 0.458 e. The predicted octanol–water partition coefficient (Wildman–Crippen LogP) is 4.78. The molecule has 318 valence electrons. The van der Waals surface area contributed by atoms with E-state index in [9.17, 15) is 19.5 Å². The van der Waals surface area contributed by atoms with Crippen LogP contribution < -0.4 is 5.73 Å². The zero-order valence-electron chi connectivity index (χ0n) is 35.9. The Labute approximate surface area is 338 Å². The van der Waals surface area contributed by atoms with Gasteiger partial charge in [-0.25, -0.2) is 4.79 Å². The van der Waals surface area contributed by atoms with Gasteiger partial charge in [-0.2, -0.15) is 0 Å². The van der Waals surface area contributed by atoms with Gasteiger partial charge in [-0.3, -0.25) is 24.1 Å². The second kappa shape index (κ2) is 20.2. The molecule has 10 atom stereocenters. The van der Waals surface area contributed by atoms with Gasteiger partial charge in [0.05, 0.1) is 18.3 Å². The van der Waals surface area contributed by atoms with Crippen LogP contribution in [0.3, 0.4) is 0 Å². The maximum atomic E-state index is 14.1. The second-order valence-electron chi connectivity index (χ2n) is 16.1. The molecule has 15 heteroatoms. The van der Waals surface area contributed by atoms with Gasteiger partial charge in [-0.05, 0) is 99.2 Å². The normalized spacial score (nSPS) is 29.2. The molecule has 1 aromatic heterocycles. The fourth-order valence-corrected chi connectivity index (χ4v) is 8.31. The Kier molecular flexibility index (Phi) is 16.2. The number of aryl methyl sites for hydroxylation is 1. The third-order valence-electron chi connectivity index (χ3n) is 11.8. The second-order valence-corrected chi connectivity index (χ2v) is 16.1. The van der Waals surface area contributed by atoms with Crippen LogP contribution in [0, 0.1) is 11.8 Å². The van der Waals surface area contributed by atoms with Crippen molar-refractivity contribution in [3.05, 3.63) is 42.1 Å². The van der Waals surface area contributed by atoms with Crippen LogP contribution in [0.25, 0.3) is 11.3 Å². The van der Waals surface area contributed by atoms with Crippen molar-refractivity contribution in [1.29, 1.82) is 0 Å². The van der Waals surface area contributed by atoms with Crippen molar-refractivity contribution in [1.82, 2.24) is 29.7 Å². The van der Waals surface area contributed by atoms with E-state index in [1.54, 1.807) is 23.4 Å². The number of Topliss-reactive ketones (excluding diaryl/α,β-unsaturated/α-hetero) is 1. The molecule has 0 aliphatic carbocycles. The van der Waals surface area contributed by atoms with E-state index < -0.39 is 60.1 Å². The molecule has 0 radical (unpaired) electrons. The molecule has 2 aromatic rings. The fraction of sp³-hybridized carbons (Fsp3) is 0.690. The van der Waals surface area contributed by atoms with Gasteiger partial charge in [0.2, 0.25) is 0 Å². The highest BCUT2D eigenvalue weighted by Crippen LogP contribution is 2.39. The van der Waals surface area contributed by atoms with E-state index in [2.05, 4.69) is 15.2 Å². The summed E-state index contributed by atoms with van der Waals surface area (Å²) < 4.78 is 26.7. The number of likely N-dealkylation sites (N-methyl/N-ethyl adjacent to an activating group) is 2. The first-order valence-electron chi connectivity index (χ1n) is 20.5. The van der Waals surface area contributed by atoms with Crippen molar-refractivity contribution in [3.8, 4) is 11.3 Å². The summed E-state index contributed by atoms with van der Waals surface area (Å²) in [5, 5.41) is 20.1. The lowest BCUT2D eigenvalue weighted by molar-refractivity contribution is -0.225. The van der Waals surface area contributed by atoms with Crippen molar-refractivity contribution in [2.75, 3.05) is 46.6 Å². The SMILES string of the molecule is CCO[C@@H](O[C@H]1/C(C)=C/CN(C)[C@H](C)[C@H]2N(CCCCn3cc(-c4cccc(N)c4)nn3)C(=O)O[C@]2(C)[C@@H](CC)OC(=O)[C@H](C)C(=O)[C@@H]1C)C(O)C(CC)N(C)C. The number of esters is 1. The number of cyclic esters (lactones) is 1. The zero-order chi connectivity index (χ0) is 42.2. The van der Waals surface area contributed by atoms with Crippen LogP contribution in [0.5, 0.6) is 0 Å². The molecule has 2 aliphatic heterocycles. The smallest absolute Gasteiger partial charge is 0.410 e. The summed E-state index contributed by atoms with van der Waals surface area (Å²) in [5.74, 6) is -2.98. The summed E-state index contributed by atoms with van der Waals surface area (Å²) in [6.07, 6.45) is 2.12. The number of hydrogen-bond donors (Lipinski definition) is 2. The molecule has 2 aliphatic rings. The Bertz CT molecular complexity index is 1680. The molecule has 57 heavy (non-hydrogen) atoms.